The van der Waals surface area contributed by atoms with Crippen LogP contribution >= 0.6 is 12.4 Å². The molecule has 0 atom stereocenters. The number of rotatable bonds is 1. The first-order valence-electron chi connectivity index (χ1n) is 5.72. The zero-order valence-electron chi connectivity index (χ0n) is 8.88. The first kappa shape index (κ1) is 11.0. The fourth-order valence-electron chi connectivity index (χ4n) is 2.79. The Labute approximate surface area is 96.4 Å². The van der Waals surface area contributed by atoms with Crippen LogP contribution in [0, 0.1) is 0 Å². The highest BCUT2D eigenvalue weighted by atomic mass is 35.5. The van der Waals surface area contributed by atoms with E-state index in [1.54, 1.807) is 0 Å². The number of aromatic nitrogens is 2. The molecule has 1 aromatic heterocycles. The van der Waals surface area contributed by atoms with Crippen molar-refractivity contribution in [2.45, 2.75) is 44.6 Å². The molecular formula is C11H18ClN3. The summed E-state index contributed by atoms with van der Waals surface area (Å²) >= 11 is 0. The second-order valence-electron chi connectivity index (χ2n) is 4.47. The Morgan fingerprint density at radius 3 is 2.80 bits per heavy atom. The average Bonchev–Trinajstić information content (AvgIpc) is 2.85. The summed E-state index contributed by atoms with van der Waals surface area (Å²) < 4.78 is 0. The Balaban J connectivity index is 0.000000853. The Bertz CT molecular complexity index is 329. The molecule has 1 aromatic rings. The van der Waals surface area contributed by atoms with Crippen molar-refractivity contribution in [1.82, 2.24) is 15.5 Å². The lowest BCUT2D eigenvalue weighted by atomic mass is 9.97. The normalized spacial score (nSPS) is 21.1. The molecule has 3 rings (SSSR count). The first-order valence-corrected chi connectivity index (χ1v) is 5.72. The van der Waals surface area contributed by atoms with E-state index in [2.05, 4.69) is 15.5 Å². The first-order chi connectivity index (χ1) is 6.95. The summed E-state index contributed by atoms with van der Waals surface area (Å²) in [6, 6.07) is 0. The number of hydrogen-bond acceptors (Lipinski definition) is 2. The van der Waals surface area contributed by atoms with E-state index in [1.165, 1.54) is 42.6 Å². The molecule has 0 bridgehead atoms. The molecule has 2 aliphatic rings. The van der Waals surface area contributed by atoms with Gasteiger partial charge in [0.25, 0.3) is 0 Å². The quantitative estimate of drug-likeness (QED) is 0.772. The second kappa shape index (κ2) is 4.54. The van der Waals surface area contributed by atoms with Gasteiger partial charge < -0.3 is 5.32 Å². The van der Waals surface area contributed by atoms with Gasteiger partial charge in [0.15, 0.2) is 0 Å². The molecule has 0 unspecified atom stereocenters. The van der Waals surface area contributed by atoms with Crippen molar-refractivity contribution in [3.05, 3.63) is 17.0 Å². The van der Waals surface area contributed by atoms with Crippen molar-refractivity contribution in [2.75, 3.05) is 6.54 Å². The van der Waals surface area contributed by atoms with Crippen LogP contribution in [0.3, 0.4) is 0 Å². The minimum atomic E-state index is 0. The molecule has 1 saturated carbocycles. The number of halogens is 1. The highest BCUT2D eigenvalue weighted by Gasteiger charge is 2.25. The SMILES string of the molecule is C1CCC(c2n[nH]c3c2CNCC3)C1.Cl. The summed E-state index contributed by atoms with van der Waals surface area (Å²) in [5.41, 5.74) is 4.22. The molecule has 0 amide bonds. The fourth-order valence-corrected chi connectivity index (χ4v) is 2.79. The monoisotopic (exact) mass is 227 g/mol. The molecule has 3 nitrogen and oxygen atoms in total. The number of nitrogens with one attached hydrogen (secondary N) is 2. The average molecular weight is 228 g/mol. The lowest BCUT2D eigenvalue weighted by Crippen LogP contribution is -2.23. The summed E-state index contributed by atoms with van der Waals surface area (Å²) in [7, 11) is 0. The van der Waals surface area contributed by atoms with Crippen LogP contribution in [0.2, 0.25) is 0 Å². The van der Waals surface area contributed by atoms with Crippen molar-refractivity contribution in [3.8, 4) is 0 Å². The van der Waals surface area contributed by atoms with Gasteiger partial charge in [0, 0.05) is 36.7 Å². The molecule has 15 heavy (non-hydrogen) atoms. The smallest absolute Gasteiger partial charge is 0.0700 e. The molecular weight excluding hydrogens is 210 g/mol. The van der Waals surface area contributed by atoms with Crippen LogP contribution in [0.5, 0.6) is 0 Å². The number of fused-ring (bicyclic) bond motifs is 1. The minimum absolute atomic E-state index is 0. The maximum atomic E-state index is 4.51. The van der Waals surface area contributed by atoms with Crippen molar-refractivity contribution in [2.24, 2.45) is 0 Å². The molecule has 2 N–H and O–H groups in total. The van der Waals surface area contributed by atoms with E-state index in [0.29, 0.717) is 0 Å². The third-order valence-electron chi connectivity index (χ3n) is 3.58. The van der Waals surface area contributed by atoms with E-state index in [1.807, 2.05) is 0 Å². The molecule has 4 heteroatoms. The summed E-state index contributed by atoms with van der Waals surface area (Å²) in [5.74, 6) is 0.745. The molecule has 0 spiro atoms. The van der Waals surface area contributed by atoms with Gasteiger partial charge in [0.1, 0.15) is 0 Å². The van der Waals surface area contributed by atoms with E-state index >= 15 is 0 Å². The molecule has 1 aliphatic heterocycles. The molecule has 2 heterocycles. The van der Waals surface area contributed by atoms with Crippen LogP contribution in [-0.2, 0) is 13.0 Å². The molecule has 0 radical (unpaired) electrons. The van der Waals surface area contributed by atoms with Crippen LogP contribution in [0.15, 0.2) is 0 Å². The van der Waals surface area contributed by atoms with E-state index in [9.17, 15) is 0 Å². The standard InChI is InChI=1S/C11H17N3.ClH/c1-2-4-8(3-1)11-9-7-12-6-5-10(9)13-14-11;/h8,12H,1-7H2,(H,13,14);1H. The molecule has 1 fully saturated rings. The number of nitrogens with zero attached hydrogens (tertiary/aromatic N) is 1. The zero-order chi connectivity index (χ0) is 9.38. The summed E-state index contributed by atoms with van der Waals surface area (Å²) in [5, 5.41) is 11.2. The maximum Gasteiger partial charge on any atom is 0.0700 e. The topological polar surface area (TPSA) is 40.7 Å². The Kier molecular flexibility index (Phi) is 3.32. The summed E-state index contributed by atoms with van der Waals surface area (Å²) in [6.45, 7) is 2.12. The second-order valence-corrected chi connectivity index (χ2v) is 4.47. The van der Waals surface area contributed by atoms with Crippen LogP contribution in [-0.4, -0.2) is 16.7 Å². The molecule has 1 aliphatic carbocycles. The minimum Gasteiger partial charge on any atom is -0.312 e. The van der Waals surface area contributed by atoms with Crippen molar-refractivity contribution < 1.29 is 0 Å². The van der Waals surface area contributed by atoms with E-state index < -0.39 is 0 Å². The predicted molar refractivity (Wildman–Crippen MR) is 62.5 cm³/mol. The Morgan fingerprint density at radius 2 is 2.00 bits per heavy atom. The van der Waals surface area contributed by atoms with Gasteiger partial charge in [0.05, 0.1) is 5.69 Å². The third kappa shape index (κ3) is 1.91. The van der Waals surface area contributed by atoms with Gasteiger partial charge in [0.2, 0.25) is 0 Å². The predicted octanol–water partition coefficient (Wildman–Crippen LogP) is 2.13. The van der Waals surface area contributed by atoms with Gasteiger partial charge in [-0.1, -0.05) is 12.8 Å². The van der Waals surface area contributed by atoms with E-state index in [0.717, 1.165) is 25.4 Å². The lowest BCUT2D eigenvalue weighted by molar-refractivity contribution is 0.621. The van der Waals surface area contributed by atoms with Gasteiger partial charge in [-0.25, -0.2) is 0 Å². The Hall–Kier alpha value is -0.540. The van der Waals surface area contributed by atoms with Gasteiger partial charge in [-0.2, -0.15) is 5.10 Å². The van der Waals surface area contributed by atoms with Crippen molar-refractivity contribution in [3.63, 3.8) is 0 Å². The summed E-state index contributed by atoms with van der Waals surface area (Å²) in [4.78, 5) is 0. The maximum absolute atomic E-state index is 4.51. The largest absolute Gasteiger partial charge is 0.312 e. The van der Waals surface area contributed by atoms with Crippen molar-refractivity contribution in [1.29, 1.82) is 0 Å². The Morgan fingerprint density at radius 1 is 1.20 bits per heavy atom. The van der Waals surface area contributed by atoms with Gasteiger partial charge >= 0.3 is 0 Å². The van der Waals surface area contributed by atoms with E-state index in [4.69, 9.17) is 0 Å². The highest BCUT2D eigenvalue weighted by molar-refractivity contribution is 5.85. The van der Waals surface area contributed by atoms with Gasteiger partial charge in [-0.3, -0.25) is 5.10 Å². The van der Waals surface area contributed by atoms with Gasteiger partial charge in [-0.05, 0) is 12.8 Å². The highest BCUT2D eigenvalue weighted by Crippen LogP contribution is 2.35. The van der Waals surface area contributed by atoms with Crippen molar-refractivity contribution >= 4 is 12.4 Å². The number of hydrogen-bond donors (Lipinski definition) is 2. The van der Waals surface area contributed by atoms with Gasteiger partial charge in [-0.15, -0.1) is 12.4 Å². The molecule has 0 aromatic carbocycles. The fraction of sp³-hybridized carbons (Fsp3) is 0.727. The zero-order valence-corrected chi connectivity index (χ0v) is 9.70. The third-order valence-corrected chi connectivity index (χ3v) is 3.58. The molecule has 84 valence electrons. The lowest BCUT2D eigenvalue weighted by Gasteiger charge is -2.15. The number of H-pyrrole nitrogens is 1. The van der Waals surface area contributed by atoms with Crippen LogP contribution in [0.25, 0.3) is 0 Å². The molecule has 0 saturated heterocycles. The van der Waals surface area contributed by atoms with Crippen LogP contribution in [0.1, 0.15) is 48.6 Å². The van der Waals surface area contributed by atoms with Crippen LogP contribution < -0.4 is 5.32 Å². The number of aromatic amines is 1. The van der Waals surface area contributed by atoms with Crippen LogP contribution in [0.4, 0.5) is 0 Å². The summed E-state index contributed by atoms with van der Waals surface area (Å²) in [6.07, 6.45) is 6.59. The van der Waals surface area contributed by atoms with E-state index in [-0.39, 0.29) is 12.4 Å².